The van der Waals surface area contributed by atoms with Gasteiger partial charge in [0.05, 0.1) is 44.3 Å². The Labute approximate surface area is 603 Å². The first-order valence-corrected chi connectivity index (χ1v) is 41.8. The van der Waals surface area contributed by atoms with E-state index in [0.29, 0.717) is 0 Å². The van der Waals surface area contributed by atoms with Gasteiger partial charge in [0.25, 0.3) is 0 Å². The summed E-state index contributed by atoms with van der Waals surface area (Å²) in [5.41, 5.74) is 8.17. The van der Waals surface area contributed by atoms with Crippen LogP contribution in [0.25, 0.3) is 291 Å². The fraction of sp³-hybridized carbons (Fsp3) is 0.307. The second-order valence-electron chi connectivity index (χ2n) is 36.8. The smallest absolute Gasteiger partial charge is 0.123 e. The van der Waals surface area contributed by atoms with Crippen molar-refractivity contribution >= 4 is 291 Å². The van der Waals surface area contributed by atoms with Crippen LogP contribution in [0.4, 0.5) is 0 Å². The first-order chi connectivity index (χ1) is 52.6. The Balaban J connectivity index is 0.694. The summed E-state index contributed by atoms with van der Waals surface area (Å²) in [6.07, 6.45) is 26.1. The number of ether oxygens (including phenoxy) is 4. The normalized spacial score (nSPS) is 19.7. The number of unbranched alkanes of at least 4 members (excludes halogenated alkanes) is 18. The van der Waals surface area contributed by atoms with Crippen molar-refractivity contribution in [1.29, 1.82) is 0 Å². The molecule has 1 saturated heterocycles. The molecule has 5 heteroatoms. The average Bonchev–Trinajstić information content (AvgIpc) is 1.38. The summed E-state index contributed by atoms with van der Waals surface area (Å²) in [7, 11) is 3.85. The molecular weight excluding hydrogens is 1290 g/mol. The highest BCUT2D eigenvalue weighted by molar-refractivity contribution is 6.82. The van der Waals surface area contributed by atoms with Gasteiger partial charge in [-0.2, -0.15) is 0 Å². The summed E-state index contributed by atoms with van der Waals surface area (Å²) >= 11 is 0. The van der Waals surface area contributed by atoms with Gasteiger partial charge in [0.1, 0.15) is 23.0 Å². The van der Waals surface area contributed by atoms with Crippen molar-refractivity contribution in [1.82, 2.24) is 4.90 Å². The van der Waals surface area contributed by atoms with Crippen LogP contribution in [0.1, 0.15) is 182 Å². The largest absolute Gasteiger partial charge is 0.497 e. The lowest BCUT2D eigenvalue weighted by atomic mass is 9.47. The van der Waals surface area contributed by atoms with Crippen LogP contribution in [-0.4, -0.2) is 38.9 Å². The Morgan fingerprint density at radius 3 is 0.821 bits per heavy atom. The van der Waals surface area contributed by atoms with Crippen LogP contribution in [0, 0.1) is 0 Å². The van der Waals surface area contributed by atoms with Crippen molar-refractivity contribution in [2.45, 2.75) is 166 Å². The van der Waals surface area contributed by atoms with Gasteiger partial charge in [-0.1, -0.05) is 129 Å². The van der Waals surface area contributed by atoms with Crippen LogP contribution in [0.15, 0.2) is 36.4 Å². The molecule has 0 amide bonds. The van der Waals surface area contributed by atoms with E-state index in [1.807, 2.05) is 14.2 Å². The molecule has 0 bridgehead atoms. The van der Waals surface area contributed by atoms with Crippen molar-refractivity contribution in [3.05, 3.63) is 69.8 Å². The van der Waals surface area contributed by atoms with E-state index < -0.39 is 10.8 Å². The minimum atomic E-state index is -0.601. The zero-order valence-corrected chi connectivity index (χ0v) is 60.1. The van der Waals surface area contributed by atoms with E-state index in [4.69, 9.17) is 18.9 Å². The topological polar surface area (TPSA) is 40.2 Å². The van der Waals surface area contributed by atoms with Crippen LogP contribution in [0.2, 0.25) is 0 Å². The zero-order valence-electron chi connectivity index (χ0n) is 60.1. The Morgan fingerprint density at radius 1 is 0.283 bits per heavy atom. The van der Waals surface area contributed by atoms with Gasteiger partial charge in [-0.15, -0.1) is 0 Å². The fourth-order valence-electron chi connectivity index (χ4n) is 31.2. The highest BCUT2D eigenvalue weighted by Gasteiger charge is 2.76. The molecule has 500 valence electrons. The van der Waals surface area contributed by atoms with Gasteiger partial charge >= 0.3 is 0 Å². The van der Waals surface area contributed by atoms with Crippen LogP contribution in [-0.2, 0) is 17.4 Å². The predicted octanol–water partition coefficient (Wildman–Crippen LogP) is 28.2. The number of hydrogen-bond acceptors (Lipinski definition) is 5. The SMILES string of the molecule is CCCCCCCCCCCCOc1cc(CN2CC34c5c6c7c8c9c%10c(c%11c%12c3c3c5c5c%13c6c6c7c7c9c9c%14c%10c%10c%11c%11c%12c%12c3c3c5c5c%13c%13c6c6c7c9c7c9c%14c%10c%10c%11c%11c%12c3c3c5c5c%13c6c7c6c9c%10c%11c3c56)C84C2c2cc(OC)ccc2OC)cc(OCCCCCCCCCCCC)c1. The van der Waals surface area contributed by atoms with E-state index in [1.165, 1.54) is 127 Å². The van der Waals surface area contributed by atoms with Gasteiger partial charge in [0.2, 0.25) is 0 Å². The second-order valence-corrected chi connectivity index (χ2v) is 36.8. The lowest BCUT2D eigenvalue weighted by Gasteiger charge is -2.52. The van der Waals surface area contributed by atoms with E-state index in [1.54, 1.807) is 313 Å². The Bertz CT molecular complexity index is 8340. The molecule has 35 rings (SSSR count). The molecule has 1 heterocycles. The van der Waals surface area contributed by atoms with Gasteiger partial charge in [0, 0.05) is 24.7 Å². The van der Waals surface area contributed by atoms with E-state index in [0.717, 1.165) is 62.1 Å². The van der Waals surface area contributed by atoms with Gasteiger partial charge in [-0.05, 0) is 362 Å². The molecule has 30 aromatic rings. The van der Waals surface area contributed by atoms with E-state index in [2.05, 4.69) is 55.1 Å². The number of benzene rings is 20. The predicted molar refractivity (Wildman–Crippen MR) is 448 cm³/mol. The average molecular weight is 1360 g/mol. The molecule has 1 aliphatic heterocycles. The van der Waals surface area contributed by atoms with Crippen molar-refractivity contribution < 1.29 is 18.9 Å². The standard InChI is InChI=1S/C101H67NO4/c1-5-7-9-11-13-15-17-19-21-23-27-105-37-29-35(30-38(31-37)106-28-24-22-20-18-16-14-12-10-8-6-2)33-102-34-100-95-87-79-69-59-51-43-41-42-45-49-47(43)55-63-57(49)67-61-53(45)54-46(42)50-48-44(41)52(51)60-66-56(48)64-58(50)68-62(54)72-71(61)83-77(67)85-75(63)81(73(79)65(55)59)89(95)91(85)97-93(83)94-84(72)78(68)86-76(64)82-74(66)80(70(60)69)88(87)96(100)90(82)92(86)98(94)101(97,100)99(102)39-32-36(103-3)25-26-40(39)104-4/h25-26,29-32,99H,5-24,27-28,33-34H2,1-4H3. The third-order valence-corrected chi connectivity index (χ3v) is 33.4. The van der Waals surface area contributed by atoms with Crippen molar-refractivity contribution in [3.8, 4) is 23.0 Å². The van der Waals surface area contributed by atoms with Gasteiger partial charge in [-0.25, -0.2) is 0 Å². The monoisotopic (exact) mass is 1360 g/mol. The van der Waals surface area contributed by atoms with Gasteiger partial charge < -0.3 is 18.9 Å². The molecular formula is C101H67NO4. The van der Waals surface area contributed by atoms with Gasteiger partial charge in [-0.3, -0.25) is 4.90 Å². The van der Waals surface area contributed by atoms with Crippen molar-refractivity contribution in [3.63, 3.8) is 0 Å². The molecule has 1 atom stereocenters. The van der Waals surface area contributed by atoms with E-state index in [9.17, 15) is 0 Å². The molecule has 30 aromatic carbocycles. The molecule has 5 nitrogen and oxygen atoms in total. The fourth-order valence-corrected chi connectivity index (χ4v) is 31.2. The summed E-state index contributed by atoms with van der Waals surface area (Å²) < 4.78 is 27.9. The molecule has 0 aromatic heterocycles. The van der Waals surface area contributed by atoms with Crippen LogP contribution >= 0.6 is 0 Å². The Morgan fingerprint density at radius 2 is 0.547 bits per heavy atom. The maximum absolute atomic E-state index is 7.13. The number of nitrogens with zero attached hydrogens (tertiary/aromatic N) is 1. The molecule has 1 fully saturated rings. The van der Waals surface area contributed by atoms with Crippen molar-refractivity contribution in [2.75, 3.05) is 34.0 Å². The maximum Gasteiger partial charge on any atom is 0.123 e. The molecule has 2 spiro atoms. The van der Waals surface area contributed by atoms with Crippen LogP contribution in [0.3, 0.4) is 0 Å². The van der Waals surface area contributed by atoms with Crippen molar-refractivity contribution in [2.24, 2.45) is 0 Å². The molecule has 4 aliphatic carbocycles. The van der Waals surface area contributed by atoms with E-state index >= 15 is 0 Å². The summed E-state index contributed by atoms with van der Waals surface area (Å²) in [4.78, 5) is 3.08. The highest BCUT2D eigenvalue weighted by Crippen LogP contribution is 2.87. The molecule has 5 aliphatic rings. The number of rotatable bonds is 29. The minimum absolute atomic E-state index is 0.180. The quantitative estimate of drug-likeness (QED) is 0.0345. The van der Waals surface area contributed by atoms with Crippen LogP contribution < -0.4 is 18.9 Å². The molecule has 0 radical (unpaired) electrons. The Hall–Kier alpha value is -9.94. The second kappa shape index (κ2) is 15.4. The Kier molecular flexibility index (Phi) is 7.55. The summed E-state index contributed by atoms with van der Waals surface area (Å²) in [5.74, 6) is 3.75. The lowest BCUT2D eigenvalue weighted by Crippen LogP contribution is -2.52. The molecule has 0 saturated carbocycles. The minimum Gasteiger partial charge on any atom is -0.497 e. The number of methoxy groups -OCH3 is 2. The zero-order chi connectivity index (χ0) is 67.1. The van der Waals surface area contributed by atoms with E-state index in [-0.39, 0.29) is 6.04 Å². The summed E-state index contributed by atoms with van der Waals surface area (Å²) in [5, 5.41) is 88.0. The summed E-state index contributed by atoms with van der Waals surface area (Å²) in [6, 6.07) is 13.9. The molecule has 1 unspecified atom stereocenters. The first kappa shape index (κ1) is 52.1. The first-order valence-electron chi connectivity index (χ1n) is 41.8. The van der Waals surface area contributed by atoms with Gasteiger partial charge in [0.15, 0.2) is 0 Å². The maximum atomic E-state index is 7.13. The number of hydrogen-bond donors (Lipinski definition) is 0. The molecule has 106 heavy (non-hydrogen) atoms. The third kappa shape index (κ3) is 4.19. The third-order valence-electron chi connectivity index (χ3n) is 33.4. The number of likely N-dealkylation sites (tertiary alicyclic amines) is 1. The van der Waals surface area contributed by atoms with Crippen LogP contribution in [0.5, 0.6) is 23.0 Å². The lowest BCUT2D eigenvalue weighted by molar-refractivity contribution is 0.211. The highest BCUT2D eigenvalue weighted by atomic mass is 16.5. The molecule has 0 N–H and O–H groups in total. The summed E-state index contributed by atoms with van der Waals surface area (Å²) in [6.45, 7) is 7.67.